The first-order valence-electron chi connectivity index (χ1n) is 6.98. The Labute approximate surface area is 117 Å². The predicted octanol–water partition coefficient (Wildman–Crippen LogP) is 0.612. The van der Waals surface area contributed by atoms with Crippen LogP contribution < -0.4 is 0 Å². The minimum Gasteiger partial charge on any atom is -0.466 e. The molecule has 0 unspecified atom stereocenters. The molecule has 110 valence electrons. The Morgan fingerprint density at radius 1 is 1.40 bits per heavy atom. The SMILES string of the molecule is CCOC(=O)C[C@@H]1CCCCN1C(=O)Cn1cncn1. The molecule has 20 heavy (non-hydrogen) atoms. The lowest BCUT2D eigenvalue weighted by atomic mass is 9.99. The van der Waals surface area contributed by atoms with Gasteiger partial charge in [0.1, 0.15) is 19.2 Å². The van der Waals surface area contributed by atoms with Crippen LogP contribution in [0.1, 0.15) is 32.6 Å². The number of hydrogen-bond acceptors (Lipinski definition) is 5. The molecule has 0 bridgehead atoms. The molecular weight excluding hydrogens is 260 g/mol. The number of nitrogens with zero attached hydrogens (tertiary/aromatic N) is 4. The first-order valence-corrected chi connectivity index (χ1v) is 6.98. The second-order valence-electron chi connectivity index (χ2n) is 4.84. The maximum Gasteiger partial charge on any atom is 0.307 e. The highest BCUT2D eigenvalue weighted by Crippen LogP contribution is 2.20. The molecule has 7 heteroatoms. The molecule has 1 saturated heterocycles. The summed E-state index contributed by atoms with van der Waals surface area (Å²) in [5.41, 5.74) is 0. The third kappa shape index (κ3) is 3.79. The van der Waals surface area contributed by atoms with Crippen LogP contribution in [0.25, 0.3) is 0 Å². The summed E-state index contributed by atoms with van der Waals surface area (Å²) in [5.74, 6) is -0.262. The minimum atomic E-state index is -0.238. The molecule has 2 rings (SSSR count). The average molecular weight is 280 g/mol. The van der Waals surface area contributed by atoms with Gasteiger partial charge in [-0.3, -0.25) is 9.59 Å². The van der Waals surface area contributed by atoms with Crippen LogP contribution in [-0.4, -0.2) is 50.7 Å². The van der Waals surface area contributed by atoms with Gasteiger partial charge in [0.15, 0.2) is 0 Å². The van der Waals surface area contributed by atoms with E-state index in [1.165, 1.54) is 17.3 Å². The average Bonchev–Trinajstić information content (AvgIpc) is 2.92. The number of ether oxygens (including phenoxy) is 1. The quantitative estimate of drug-likeness (QED) is 0.739. The molecule has 1 fully saturated rings. The zero-order valence-electron chi connectivity index (χ0n) is 11.7. The van der Waals surface area contributed by atoms with Crippen molar-refractivity contribution in [2.45, 2.75) is 45.2 Å². The molecule has 0 aromatic carbocycles. The van der Waals surface area contributed by atoms with E-state index in [0.29, 0.717) is 13.2 Å². The van der Waals surface area contributed by atoms with Crippen LogP contribution in [0, 0.1) is 0 Å². The first-order chi connectivity index (χ1) is 9.70. The van der Waals surface area contributed by atoms with Crippen molar-refractivity contribution in [2.75, 3.05) is 13.2 Å². The van der Waals surface area contributed by atoms with Crippen LogP contribution in [0.5, 0.6) is 0 Å². The van der Waals surface area contributed by atoms with Gasteiger partial charge in [-0.25, -0.2) is 9.67 Å². The molecule has 2 heterocycles. The number of likely N-dealkylation sites (tertiary alicyclic amines) is 1. The van der Waals surface area contributed by atoms with Gasteiger partial charge in [0.05, 0.1) is 13.0 Å². The van der Waals surface area contributed by atoms with E-state index < -0.39 is 0 Å². The third-order valence-electron chi connectivity index (χ3n) is 3.42. The molecule has 1 aliphatic rings. The number of rotatable bonds is 5. The molecule has 1 aliphatic heterocycles. The van der Waals surface area contributed by atoms with Crippen molar-refractivity contribution < 1.29 is 14.3 Å². The fraction of sp³-hybridized carbons (Fsp3) is 0.692. The van der Waals surface area contributed by atoms with Crippen LogP contribution >= 0.6 is 0 Å². The van der Waals surface area contributed by atoms with Crippen LogP contribution in [0.15, 0.2) is 12.7 Å². The molecule has 0 saturated carbocycles. The Bertz CT molecular complexity index is 446. The van der Waals surface area contributed by atoms with Crippen molar-refractivity contribution in [3.8, 4) is 0 Å². The summed E-state index contributed by atoms with van der Waals surface area (Å²) in [7, 11) is 0. The van der Waals surface area contributed by atoms with Crippen molar-refractivity contribution in [1.82, 2.24) is 19.7 Å². The predicted molar refractivity (Wildman–Crippen MR) is 70.6 cm³/mol. The summed E-state index contributed by atoms with van der Waals surface area (Å²) in [4.78, 5) is 29.5. The molecule has 1 aromatic heterocycles. The van der Waals surface area contributed by atoms with Gasteiger partial charge in [0, 0.05) is 12.6 Å². The van der Waals surface area contributed by atoms with Gasteiger partial charge in [-0.15, -0.1) is 0 Å². The highest BCUT2D eigenvalue weighted by molar-refractivity contribution is 5.77. The third-order valence-corrected chi connectivity index (χ3v) is 3.42. The molecule has 1 aromatic rings. The normalized spacial score (nSPS) is 18.9. The maximum absolute atomic E-state index is 12.3. The molecule has 0 spiro atoms. The van der Waals surface area contributed by atoms with Gasteiger partial charge in [0.2, 0.25) is 5.91 Å². The lowest BCUT2D eigenvalue weighted by molar-refractivity contribution is -0.146. The van der Waals surface area contributed by atoms with E-state index in [-0.39, 0.29) is 30.9 Å². The maximum atomic E-state index is 12.3. The fourth-order valence-electron chi connectivity index (χ4n) is 2.50. The Balaban J connectivity index is 1.95. The van der Waals surface area contributed by atoms with E-state index in [4.69, 9.17) is 4.74 Å². The van der Waals surface area contributed by atoms with Gasteiger partial charge in [-0.1, -0.05) is 0 Å². The summed E-state index contributed by atoms with van der Waals surface area (Å²) < 4.78 is 6.47. The topological polar surface area (TPSA) is 77.3 Å². The van der Waals surface area contributed by atoms with Gasteiger partial charge in [0.25, 0.3) is 0 Å². The Morgan fingerprint density at radius 2 is 2.25 bits per heavy atom. The molecule has 1 amide bonds. The van der Waals surface area contributed by atoms with Crippen molar-refractivity contribution in [3.05, 3.63) is 12.7 Å². The molecule has 7 nitrogen and oxygen atoms in total. The summed E-state index contributed by atoms with van der Waals surface area (Å²) in [6.07, 6.45) is 6.06. The zero-order chi connectivity index (χ0) is 14.4. The lowest BCUT2D eigenvalue weighted by Crippen LogP contribution is -2.46. The number of carbonyl (C=O) groups excluding carboxylic acids is 2. The summed E-state index contributed by atoms with van der Waals surface area (Å²) in [6.45, 7) is 3.02. The number of hydrogen-bond donors (Lipinski definition) is 0. The Hall–Kier alpha value is -1.92. The van der Waals surface area contributed by atoms with Crippen LogP contribution in [0.3, 0.4) is 0 Å². The number of aromatic nitrogens is 3. The standard InChI is InChI=1S/C13H20N4O3/c1-2-20-13(19)7-11-5-3-4-6-17(11)12(18)8-16-10-14-9-15-16/h9-11H,2-8H2,1H3/t11-/m0/s1. The number of piperidine rings is 1. The largest absolute Gasteiger partial charge is 0.466 e. The molecule has 1 atom stereocenters. The van der Waals surface area contributed by atoms with Crippen molar-refractivity contribution in [3.63, 3.8) is 0 Å². The second kappa shape index (κ2) is 7.02. The molecular formula is C13H20N4O3. The highest BCUT2D eigenvalue weighted by Gasteiger charge is 2.29. The molecule has 0 N–H and O–H groups in total. The zero-order valence-corrected chi connectivity index (χ0v) is 11.7. The van der Waals surface area contributed by atoms with Crippen LogP contribution in [0.2, 0.25) is 0 Å². The van der Waals surface area contributed by atoms with Gasteiger partial charge >= 0.3 is 5.97 Å². The van der Waals surface area contributed by atoms with Crippen molar-refractivity contribution in [1.29, 1.82) is 0 Å². The second-order valence-corrected chi connectivity index (χ2v) is 4.84. The van der Waals surface area contributed by atoms with E-state index in [0.717, 1.165) is 19.3 Å². The van der Waals surface area contributed by atoms with Crippen molar-refractivity contribution >= 4 is 11.9 Å². The number of esters is 1. The van der Waals surface area contributed by atoms with Crippen LogP contribution in [0.4, 0.5) is 0 Å². The van der Waals surface area contributed by atoms with Gasteiger partial charge < -0.3 is 9.64 Å². The van der Waals surface area contributed by atoms with Crippen molar-refractivity contribution in [2.24, 2.45) is 0 Å². The number of amides is 1. The summed E-state index contributed by atoms with van der Waals surface area (Å²) in [6, 6.07) is -0.0566. The van der Waals surface area contributed by atoms with E-state index in [1.54, 1.807) is 11.8 Å². The fourth-order valence-corrected chi connectivity index (χ4v) is 2.50. The lowest BCUT2D eigenvalue weighted by Gasteiger charge is -2.35. The molecule has 0 aliphatic carbocycles. The van der Waals surface area contributed by atoms with Gasteiger partial charge in [-0.05, 0) is 26.2 Å². The van der Waals surface area contributed by atoms with E-state index in [1.807, 2.05) is 0 Å². The number of carbonyl (C=O) groups is 2. The minimum absolute atomic E-state index is 0.0236. The Kier molecular flexibility index (Phi) is 5.09. The van der Waals surface area contributed by atoms with Gasteiger partial charge in [-0.2, -0.15) is 5.10 Å². The summed E-state index contributed by atoms with van der Waals surface area (Å²) >= 11 is 0. The summed E-state index contributed by atoms with van der Waals surface area (Å²) in [5, 5.41) is 3.93. The van der Waals surface area contributed by atoms with E-state index in [9.17, 15) is 9.59 Å². The molecule has 0 radical (unpaired) electrons. The van der Waals surface area contributed by atoms with E-state index in [2.05, 4.69) is 10.1 Å². The first kappa shape index (κ1) is 14.5. The van der Waals surface area contributed by atoms with Crippen LogP contribution in [-0.2, 0) is 20.9 Å². The monoisotopic (exact) mass is 280 g/mol. The van der Waals surface area contributed by atoms with E-state index >= 15 is 0 Å². The smallest absolute Gasteiger partial charge is 0.307 e. The highest BCUT2D eigenvalue weighted by atomic mass is 16.5. The Morgan fingerprint density at radius 3 is 2.95 bits per heavy atom.